The smallest absolute Gasteiger partial charge is 0.138 e. The number of hydrogen-bond acceptors (Lipinski definition) is 6. The first-order valence-corrected chi connectivity index (χ1v) is 14.6. The Hall–Kier alpha value is -2.48. The summed E-state index contributed by atoms with van der Waals surface area (Å²) in [4.78, 5) is 20.7. The molecule has 0 radical (unpaired) electrons. The molecule has 3 aromatic rings. The van der Waals surface area contributed by atoms with E-state index < -0.39 is 0 Å². The average molecular weight is 500 g/mol. The molecule has 7 heteroatoms. The quantitative estimate of drug-likeness (QED) is 0.529. The van der Waals surface area contributed by atoms with E-state index in [-0.39, 0.29) is 0 Å². The highest BCUT2D eigenvalue weighted by Crippen LogP contribution is 2.43. The van der Waals surface area contributed by atoms with Crippen molar-refractivity contribution in [3.8, 4) is 0 Å². The number of hydrogen-bond donors (Lipinski definition) is 0. The summed E-state index contributed by atoms with van der Waals surface area (Å²) in [6.45, 7) is 9.84. The highest BCUT2D eigenvalue weighted by atomic mass is 15.3. The molecule has 0 amide bonds. The maximum atomic E-state index is 5.35. The molecule has 0 unspecified atom stereocenters. The number of nitrogens with zero attached hydrogens (tertiary/aromatic N) is 7. The average Bonchev–Trinajstić information content (AvgIpc) is 3.57. The van der Waals surface area contributed by atoms with Crippen LogP contribution >= 0.6 is 0 Å². The fourth-order valence-corrected chi connectivity index (χ4v) is 7.40. The maximum absolute atomic E-state index is 5.35. The van der Waals surface area contributed by atoms with Crippen molar-refractivity contribution in [3.63, 3.8) is 0 Å². The van der Waals surface area contributed by atoms with Gasteiger partial charge in [0.05, 0.1) is 23.1 Å². The molecule has 37 heavy (non-hydrogen) atoms. The van der Waals surface area contributed by atoms with Crippen LogP contribution in [0.3, 0.4) is 0 Å². The molecular formula is C30H41N7. The predicted octanol–water partition coefficient (Wildman–Crippen LogP) is 3.98. The summed E-state index contributed by atoms with van der Waals surface area (Å²) in [5, 5.41) is 0. The van der Waals surface area contributed by atoms with Gasteiger partial charge in [-0.2, -0.15) is 0 Å². The number of aryl methyl sites for hydroxylation is 1. The molecule has 7 rings (SSSR count). The lowest BCUT2D eigenvalue weighted by Crippen LogP contribution is -2.45. The Kier molecular flexibility index (Phi) is 6.39. The highest BCUT2D eigenvalue weighted by molar-refractivity contribution is 5.55. The summed E-state index contributed by atoms with van der Waals surface area (Å²) >= 11 is 0. The zero-order valence-corrected chi connectivity index (χ0v) is 22.4. The normalized spacial score (nSPS) is 25.5. The Bertz CT molecular complexity index is 1240. The van der Waals surface area contributed by atoms with Crippen LogP contribution in [-0.4, -0.2) is 81.9 Å². The zero-order chi connectivity index (χ0) is 24.8. The number of rotatable bonds is 5. The van der Waals surface area contributed by atoms with Gasteiger partial charge in [0.25, 0.3) is 0 Å². The summed E-state index contributed by atoms with van der Waals surface area (Å²) in [7, 11) is 2.23. The molecule has 3 aromatic heterocycles. The second kappa shape index (κ2) is 10.0. The molecule has 196 valence electrons. The van der Waals surface area contributed by atoms with Crippen LogP contribution < -0.4 is 4.90 Å². The van der Waals surface area contributed by atoms with Crippen LogP contribution in [0.25, 0.3) is 5.65 Å². The standard InChI is InChI=1S/C30H41N7/c1-33-17-19-35(20-18-33)28-10-4-9-27-32-25(26(37(27)28)22-34-14-2-3-15-34)21-36-16-6-8-24-12-11-23-7-5-13-31-29(23)30(24)36/h4-5,7,9-10,13,24,30H,2-3,6,8,11-12,14-22H2,1H3/t24-,30-/m0/s1. The summed E-state index contributed by atoms with van der Waals surface area (Å²) in [5.74, 6) is 2.04. The molecule has 0 bridgehead atoms. The number of imidazole rings is 1. The summed E-state index contributed by atoms with van der Waals surface area (Å²) in [5.41, 5.74) is 6.58. The van der Waals surface area contributed by atoms with Gasteiger partial charge in [0, 0.05) is 45.5 Å². The van der Waals surface area contributed by atoms with Crippen molar-refractivity contribution in [1.29, 1.82) is 0 Å². The third-order valence-electron chi connectivity index (χ3n) is 9.40. The van der Waals surface area contributed by atoms with E-state index in [9.17, 15) is 0 Å². The first-order chi connectivity index (χ1) is 18.2. The van der Waals surface area contributed by atoms with E-state index in [2.05, 4.69) is 61.4 Å². The minimum Gasteiger partial charge on any atom is -0.355 e. The number of pyridine rings is 2. The lowest BCUT2D eigenvalue weighted by atomic mass is 9.77. The maximum Gasteiger partial charge on any atom is 0.138 e. The Morgan fingerprint density at radius 2 is 1.73 bits per heavy atom. The van der Waals surface area contributed by atoms with Crippen molar-refractivity contribution in [2.24, 2.45) is 5.92 Å². The van der Waals surface area contributed by atoms with Gasteiger partial charge in [-0.3, -0.25) is 19.2 Å². The fraction of sp³-hybridized carbons (Fsp3) is 0.600. The van der Waals surface area contributed by atoms with Crippen molar-refractivity contribution in [3.05, 3.63) is 59.2 Å². The summed E-state index contributed by atoms with van der Waals surface area (Å²) < 4.78 is 2.51. The van der Waals surface area contributed by atoms with Gasteiger partial charge in [0.2, 0.25) is 0 Å². The lowest BCUT2D eigenvalue weighted by Gasteiger charge is -2.44. The number of fused-ring (bicyclic) bond motifs is 4. The van der Waals surface area contributed by atoms with Crippen molar-refractivity contribution in [1.82, 2.24) is 29.1 Å². The van der Waals surface area contributed by atoms with Crippen molar-refractivity contribution < 1.29 is 0 Å². The van der Waals surface area contributed by atoms with Gasteiger partial charge in [-0.1, -0.05) is 12.1 Å². The second-order valence-electron chi connectivity index (χ2n) is 11.8. The van der Waals surface area contributed by atoms with Crippen LogP contribution in [0.2, 0.25) is 0 Å². The number of anilines is 1. The van der Waals surface area contributed by atoms with Crippen molar-refractivity contribution in [2.45, 2.75) is 57.7 Å². The van der Waals surface area contributed by atoms with Crippen LogP contribution in [0.5, 0.6) is 0 Å². The molecule has 0 aromatic carbocycles. The zero-order valence-electron chi connectivity index (χ0n) is 22.4. The predicted molar refractivity (Wildman–Crippen MR) is 148 cm³/mol. The van der Waals surface area contributed by atoms with E-state index in [1.54, 1.807) is 0 Å². The number of piperidine rings is 1. The highest BCUT2D eigenvalue weighted by Gasteiger charge is 2.38. The Morgan fingerprint density at radius 3 is 2.59 bits per heavy atom. The van der Waals surface area contributed by atoms with E-state index >= 15 is 0 Å². The molecule has 0 spiro atoms. The summed E-state index contributed by atoms with van der Waals surface area (Å²) in [6, 6.07) is 11.6. The van der Waals surface area contributed by atoms with Crippen molar-refractivity contribution in [2.75, 3.05) is 57.8 Å². The molecule has 3 fully saturated rings. The van der Waals surface area contributed by atoms with Gasteiger partial charge in [-0.05, 0) is 94.9 Å². The third kappa shape index (κ3) is 4.45. The van der Waals surface area contributed by atoms with Crippen LogP contribution in [0.15, 0.2) is 36.5 Å². The summed E-state index contributed by atoms with van der Waals surface area (Å²) in [6.07, 6.45) is 9.72. The van der Waals surface area contributed by atoms with Crippen LogP contribution in [0.4, 0.5) is 5.82 Å². The number of piperazine rings is 1. The minimum atomic E-state index is 0.431. The van der Waals surface area contributed by atoms with Crippen molar-refractivity contribution >= 4 is 11.5 Å². The third-order valence-corrected chi connectivity index (χ3v) is 9.40. The van der Waals surface area contributed by atoms with Gasteiger partial charge >= 0.3 is 0 Å². The fourth-order valence-electron chi connectivity index (χ4n) is 7.40. The molecule has 7 nitrogen and oxygen atoms in total. The largest absolute Gasteiger partial charge is 0.355 e. The van der Waals surface area contributed by atoms with E-state index in [4.69, 9.17) is 9.97 Å². The molecule has 2 atom stereocenters. The monoisotopic (exact) mass is 499 g/mol. The SMILES string of the molecule is CN1CCN(c2cccc3nc(CN4CCC[C@H]5CCc6cccnc6[C@H]54)c(CN4CCCC4)n23)CC1. The Labute approximate surface area is 221 Å². The van der Waals surface area contributed by atoms with Crippen LogP contribution in [-0.2, 0) is 19.5 Å². The molecule has 6 heterocycles. The van der Waals surface area contributed by atoms with E-state index in [1.165, 1.54) is 80.1 Å². The first kappa shape index (κ1) is 23.6. The molecule has 3 saturated heterocycles. The number of likely N-dealkylation sites (N-methyl/N-ethyl adjacent to an activating group) is 1. The van der Waals surface area contributed by atoms with Crippen LogP contribution in [0, 0.1) is 5.92 Å². The Balaban J connectivity index is 1.27. The molecule has 1 aliphatic carbocycles. The minimum absolute atomic E-state index is 0.431. The van der Waals surface area contributed by atoms with Gasteiger partial charge in [-0.25, -0.2) is 4.98 Å². The van der Waals surface area contributed by atoms with E-state index in [0.29, 0.717) is 6.04 Å². The molecule has 0 N–H and O–H groups in total. The van der Waals surface area contributed by atoms with Gasteiger partial charge in [0.15, 0.2) is 0 Å². The van der Waals surface area contributed by atoms with Crippen LogP contribution in [0.1, 0.15) is 60.8 Å². The second-order valence-corrected chi connectivity index (χ2v) is 11.8. The first-order valence-electron chi connectivity index (χ1n) is 14.6. The van der Waals surface area contributed by atoms with Gasteiger partial charge < -0.3 is 9.80 Å². The number of aromatic nitrogens is 3. The molecular weight excluding hydrogens is 458 g/mol. The molecule has 4 aliphatic rings. The molecule has 0 saturated carbocycles. The lowest BCUT2D eigenvalue weighted by molar-refractivity contribution is 0.0682. The van der Waals surface area contributed by atoms with E-state index in [0.717, 1.165) is 57.4 Å². The molecule has 3 aliphatic heterocycles. The number of likely N-dealkylation sites (tertiary alicyclic amines) is 2. The Morgan fingerprint density at radius 1 is 0.865 bits per heavy atom. The van der Waals surface area contributed by atoms with Gasteiger partial charge in [-0.15, -0.1) is 0 Å². The topological polar surface area (TPSA) is 43.2 Å². The van der Waals surface area contributed by atoms with Gasteiger partial charge in [0.1, 0.15) is 11.5 Å². The van der Waals surface area contributed by atoms with E-state index in [1.807, 2.05) is 6.20 Å².